The first-order valence-corrected chi connectivity index (χ1v) is 4.95. The molecule has 0 spiro atoms. The molecule has 0 aliphatic heterocycles. The predicted octanol–water partition coefficient (Wildman–Crippen LogP) is 2.99. The number of hydrogen-bond acceptors (Lipinski definition) is 3. The number of nitrogens with zero attached hydrogens (tertiary/aromatic N) is 1. The highest BCUT2D eigenvalue weighted by Crippen LogP contribution is 2.30. The molecule has 2 rings (SSSR count). The second-order valence-corrected chi connectivity index (χ2v) is 3.93. The van der Waals surface area contributed by atoms with Gasteiger partial charge in [0.05, 0.1) is 11.3 Å². The topological polar surface area (TPSA) is 52.0 Å². The Morgan fingerprint density at radius 1 is 1.43 bits per heavy atom. The van der Waals surface area contributed by atoms with E-state index in [9.17, 15) is 0 Å². The molecule has 1 heterocycles. The molecule has 0 unspecified atom stereocenters. The fraction of sp³-hybridized carbons (Fsp3) is 0.100. The summed E-state index contributed by atoms with van der Waals surface area (Å²) in [6, 6.07) is 7.87. The van der Waals surface area contributed by atoms with E-state index in [0.29, 0.717) is 5.88 Å². The van der Waals surface area contributed by atoms with E-state index in [1.54, 1.807) is 0 Å². The molecule has 2 N–H and O–H groups in total. The Morgan fingerprint density at radius 3 is 2.79 bits per heavy atom. The summed E-state index contributed by atoms with van der Waals surface area (Å²) in [4.78, 5) is 0. The Labute approximate surface area is 90.0 Å². The minimum atomic E-state index is 0.362. The van der Waals surface area contributed by atoms with Crippen molar-refractivity contribution in [2.75, 3.05) is 5.73 Å². The molecule has 4 heteroatoms. The SMILES string of the molecule is Cc1noc(N)c1-c1cccc(Br)c1. The molecular formula is C10H9BrN2O. The maximum absolute atomic E-state index is 5.68. The summed E-state index contributed by atoms with van der Waals surface area (Å²) in [5.74, 6) is 0.362. The zero-order valence-corrected chi connectivity index (χ0v) is 9.21. The van der Waals surface area contributed by atoms with Gasteiger partial charge in [-0.05, 0) is 24.6 Å². The van der Waals surface area contributed by atoms with Gasteiger partial charge in [-0.2, -0.15) is 0 Å². The maximum Gasteiger partial charge on any atom is 0.230 e. The molecule has 14 heavy (non-hydrogen) atoms. The lowest BCUT2D eigenvalue weighted by atomic mass is 10.1. The van der Waals surface area contributed by atoms with E-state index in [4.69, 9.17) is 10.3 Å². The first-order valence-electron chi connectivity index (χ1n) is 4.16. The molecule has 0 bridgehead atoms. The van der Waals surface area contributed by atoms with E-state index in [2.05, 4.69) is 21.1 Å². The summed E-state index contributed by atoms with van der Waals surface area (Å²) in [5, 5.41) is 3.81. The van der Waals surface area contributed by atoms with Crippen LogP contribution in [0, 0.1) is 6.92 Å². The number of nitrogen functional groups attached to an aromatic ring is 1. The molecular weight excluding hydrogens is 244 g/mol. The standard InChI is InChI=1S/C10H9BrN2O/c1-6-9(10(12)14-13-6)7-3-2-4-8(11)5-7/h2-5H,12H2,1H3. The number of rotatable bonds is 1. The number of aryl methyl sites for hydroxylation is 1. The van der Waals surface area contributed by atoms with E-state index in [-0.39, 0.29) is 0 Å². The first kappa shape index (κ1) is 9.27. The van der Waals surface area contributed by atoms with Gasteiger partial charge in [-0.25, -0.2) is 0 Å². The molecule has 72 valence electrons. The molecule has 1 aromatic heterocycles. The molecule has 2 aromatic rings. The zero-order valence-electron chi connectivity index (χ0n) is 7.62. The van der Waals surface area contributed by atoms with Crippen molar-refractivity contribution >= 4 is 21.8 Å². The monoisotopic (exact) mass is 252 g/mol. The third-order valence-electron chi connectivity index (χ3n) is 2.00. The van der Waals surface area contributed by atoms with Gasteiger partial charge in [0.1, 0.15) is 0 Å². The molecule has 0 fully saturated rings. The number of halogens is 1. The fourth-order valence-electron chi connectivity index (χ4n) is 1.38. The van der Waals surface area contributed by atoms with E-state index in [1.165, 1.54) is 0 Å². The third kappa shape index (κ3) is 1.53. The van der Waals surface area contributed by atoms with Gasteiger partial charge < -0.3 is 10.3 Å². The minimum absolute atomic E-state index is 0.362. The van der Waals surface area contributed by atoms with Crippen molar-refractivity contribution in [3.8, 4) is 11.1 Å². The Balaban J connectivity index is 2.59. The van der Waals surface area contributed by atoms with E-state index >= 15 is 0 Å². The lowest BCUT2D eigenvalue weighted by Crippen LogP contribution is -1.86. The molecule has 1 aromatic carbocycles. The average Bonchev–Trinajstić information content (AvgIpc) is 2.46. The van der Waals surface area contributed by atoms with Gasteiger partial charge in [-0.1, -0.05) is 33.2 Å². The number of anilines is 1. The quantitative estimate of drug-likeness (QED) is 0.849. The van der Waals surface area contributed by atoms with Gasteiger partial charge in [0.15, 0.2) is 0 Å². The predicted molar refractivity (Wildman–Crippen MR) is 58.8 cm³/mol. The van der Waals surface area contributed by atoms with Gasteiger partial charge in [0, 0.05) is 4.47 Å². The summed E-state index contributed by atoms with van der Waals surface area (Å²) < 4.78 is 5.91. The Bertz CT molecular complexity index is 445. The van der Waals surface area contributed by atoms with Crippen LogP contribution in [0.1, 0.15) is 5.69 Å². The molecule has 3 nitrogen and oxygen atoms in total. The van der Waals surface area contributed by atoms with Crippen molar-refractivity contribution in [3.05, 3.63) is 34.4 Å². The van der Waals surface area contributed by atoms with Crippen LogP contribution in [0.5, 0.6) is 0 Å². The summed E-state index contributed by atoms with van der Waals surface area (Å²) >= 11 is 3.40. The number of aromatic nitrogens is 1. The molecule has 0 atom stereocenters. The second-order valence-electron chi connectivity index (χ2n) is 3.02. The molecule has 0 aliphatic rings. The first-order chi connectivity index (χ1) is 6.68. The highest BCUT2D eigenvalue weighted by molar-refractivity contribution is 9.10. The van der Waals surface area contributed by atoms with Crippen molar-refractivity contribution in [3.63, 3.8) is 0 Å². The Kier molecular flexibility index (Phi) is 2.29. The van der Waals surface area contributed by atoms with Gasteiger partial charge in [-0.15, -0.1) is 0 Å². The molecule has 0 aliphatic carbocycles. The number of hydrogen-bond donors (Lipinski definition) is 1. The molecule has 0 amide bonds. The van der Waals surface area contributed by atoms with Gasteiger partial charge in [0.25, 0.3) is 0 Å². The van der Waals surface area contributed by atoms with Crippen LogP contribution in [0.25, 0.3) is 11.1 Å². The van der Waals surface area contributed by atoms with Crippen molar-refractivity contribution < 1.29 is 4.52 Å². The van der Waals surface area contributed by atoms with Gasteiger partial charge in [0.2, 0.25) is 5.88 Å². The van der Waals surface area contributed by atoms with Crippen molar-refractivity contribution in [1.82, 2.24) is 5.16 Å². The Morgan fingerprint density at radius 2 is 2.21 bits per heavy atom. The zero-order chi connectivity index (χ0) is 10.1. The average molecular weight is 253 g/mol. The van der Waals surface area contributed by atoms with Crippen LogP contribution in [0.15, 0.2) is 33.3 Å². The maximum atomic E-state index is 5.68. The normalized spacial score (nSPS) is 10.4. The smallest absolute Gasteiger partial charge is 0.230 e. The summed E-state index contributed by atoms with van der Waals surface area (Å²) in [6.45, 7) is 1.87. The lowest BCUT2D eigenvalue weighted by molar-refractivity contribution is 0.431. The fourth-order valence-corrected chi connectivity index (χ4v) is 1.78. The van der Waals surface area contributed by atoms with Crippen molar-refractivity contribution in [2.45, 2.75) is 6.92 Å². The van der Waals surface area contributed by atoms with E-state index < -0.39 is 0 Å². The van der Waals surface area contributed by atoms with E-state index in [1.807, 2.05) is 31.2 Å². The van der Waals surface area contributed by atoms with Gasteiger partial charge in [-0.3, -0.25) is 0 Å². The Hall–Kier alpha value is -1.29. The molecule has 0 saturated heterocycles. The van der Waals surface area contributed by atoms with Crippen LogP contribution in [0.3, 0.4) is 0 Å². The molecule has 0 radical (unpaired) electrons. The van der Waals surface area contributed by atoms with Crippen LogP contribution >= 0.6 is 15.9 Å². The van der Waals surface area contributed by atoms with Crippen LogP contribution in [-0.2, 0) is 0 Å². The third-order valence-corrected chi connectivity index (χ3v) is 2.50. The van der Waals surface area contributed by atoms with Crippen LogP contribution in [-0.4, -0.2) is 5.16 Å². The number of benzene rings is 1. The van der Waals surface area contributed by atoms with Gasteiger partial charge >= 0.3 is 0 Å². The highest BCUT2D eigenvalue weighted by Gasteiger charge is 2.11. The van der Waals surface area contributed by atoms with Crippen molar-refractivity contribution in [2.24, 2.45) is 0 Å². The highest BCUT2D eigenvalue weighted by atomic mass is 79.9. The second kappa shape index (κ2) is 3.46. The summed E-state index contributed by atoms with van der Waals surface area (Å²) in [6.07, 6.45) is 0. The van der Waals surface area contributed by atoms with Crippen LogP contribution in [0.2, 0.25) is 0 Å². The minimum Gasteiger partial charge on any atom is -0.367 e. The largest absolute Gasteiger partial charge is 0.367 e. The lowest BCUT2D eigenvalue weighted by Gasteiger charge is -1.99. The van der Waals surface area contributed by atoms with Crippen LogP contribution in [0.4, 0.5) is 5.88 Å². The summed E-state index contributed by atoms with van der Waals surface area (Å²) in [7, 11) is 0. The molecule has 0 saturated carbocycles. The van der Waals surface area contributed by atoms with E-state index in [0.717, 1.165) is 21.3 Å². The summed E-state index contributed by atoms with van der Waals surface area (Å²) in [5.41, 5.74) is 8.36. The number of nitrogens with two attached hydrogens (primary N) is 1. The van der Waals surface area contributed by atoms with Crippen LogP contribution < -0.4 is 5.73 Å². The van der Waals surface area contributed by atoms with Crippen molar-refractivity contribution in [1.29, 1.82) is 0 Å².